The van der Waals surface area contributed by atoms with Crippen molar-refractivity contribution in [1.82, 2.24) is 4.98 Å². The van der Waals surface area contributed by atoms with E-state index in [9.17, 15) is 13.2 Å². The van der Waals surface area contributed by atoms with Gasteiger partial charge in [0.2, 0.25) is 0 Å². The summed E-state index contributed by atoms with van der Waals surface area (Å²) in [6.07, 6.45) is -4.68. The van der Waals surface area contributed by atoms with Crippen LogP contribution >= 0.6 is 11.3 Å². The number of hydrogen-bond donors (Lipinski definition) is 1. The van der Waals surface area contributed by atoms with E-state index in [1.54, 1.807) is 18.5 Å². The van der Waals surface area contributed by atoms with E-state index in [1.807, 2.05) is 0 Å². The molecule has 0 aliphatic heterocycles. The molecular formula is C11H9F3N2OS. The third-order valence-corrected chi connectivity index (χ3v) is 2.94. The molecule has 1 aromatic carbocycles. The van der Waals surface area contributed by atoms with Crippen molar-refractivity contribution in [3.63, 3.8) is 0 Å². The highest BCUT2D eigenvalue weighted by molar-refractivity contribution is 7.14. The van der Waals surface area contributed by atoms with E-state index in [0.29, 0.717) is 16.4 Å². The van der Waals surface area contributed by atoms with Crippen molar-refractivity contribution >= 4 is 16.5 Å². The second kappa shape index (κ2) is 4.85. The van der Waals surface area contributed by atoms with Crippen molar-refractivity contribution in [3.8, 4) is 17.0 Å². The Kier molecular flexibility index (Phi) is 3.42. The second-order valence-corrected chi connectivity index (χ2v) is 4.22. The lowest BCUT2D eigenvalue weighted by atomic mass is 10.2. The van der Waals surface area contributed by atoms with Crippen LogP contribution < -0.4 is 10.1 Å². The molecule has 0 saturated heterocycles. The molecule has 3 nitrogen and oxygen atoms in total. The fourth-order valence-electron chi connectivity index (χ4n) is 1.37. The first-order valence-corrected chi connectivity index (χ1v) is 5.85. The Morgan fingerprint density at radius 1 is 1.33 bits per heavy atom. The first kappa shape index (κ1) is 12.7. The molecule has 7 heteroatoms. The van der Waals surface area contributed by atoms with Gasteiger partial charge in [-0.15, -0.1) is 24.5 Å². The van der Waals surface area contributed by atoms with Crippen molar-refractivity contribution in [2.45, 2.75) is 6.36 Å². The number of aromatic nitrogens is 1. The number of ether oxygens (including phenoxy) is 1. The van der Waals surface area contributed by atoms with Gasteiger partial charge in [0.25, 0.3) is 0 Å². The topological polar surface area (TPSA) is 34.2 Å². The molecule has 0 aliphatic rings. The smallest absolute Gasteiger partial charge is 0.406 e. The molecule has 0 bridgehead atoms. The molecule has 0 aliphatic carbocycles. The summed E-state index contributed by atoms with van der Waals surface area (Å²) in [5.41, 5.74) is 1.19. The minimum absolute atomic E-state index is 0.251. The molecule has 0 fully saturated rings. The van der Waals surface area contributed by atoms with Gasteiger partial charge in [0.15, 0.2) is 5.13 Å². The number of benzene rings is 1. The van der Waals surface area contributed by atoms with E-state index < -0.39 is 6.36 Å². The lowest BCUT2D eigenvalue weighted by molar-refractivity contribution is -0.274. The Hall–Kier alpha value is -1.76. The maximum absolute atomic E-state index is 12.1. The minimum Gasteiger partial charge on any atom is -0.406 e. The van der Waals surface area contributed by atoms with Crippen molar-refractivity contribution in [2.24, 2.45) is 0 Å². The van der Waals surface area contributed by atoms with Gasteiger partial charge in [-0.1, -0.05) is 12.1 Å². The number of hydrogen-bond acceptors (Lipinski definition) is 4. The van der Waals surface area contributed by atoms with E-state index >= 15 is 0 Å². The third kappa shape index (κ3) is 3.13. The largest absolute Gasteiger partial charge is 0.573 e. The van der Waals surface area contributed by atoms with Gasteiger partial charge in [0, 0.05) is 18.0 Å². The average molecular weight is 274 g/mol. The van der Waals surface area contributed by atoms with E-state index in [2.05, 4.69) is 15.0 Å². The molecule has 2 aromatic rings. The van der Waals surface area contributed by atoms with Crippen molar-refractivity contribution in [3.05, 3.63) is 29.6 Å². The highest BCUT2D eigenvalue weighted by Gasteiger charge is 2.31. The Morgan fingerprint density at radius 3 is 2.72 bits per heavy atom. The van der Waals surface area contributed by atoms with Gasteiger partial charge >= 0.3 is 6.36 Å². The monoisotopic (exact) mass is 274 g/mol. The molecule has 0 radical (unpaired) electrons. The summed E-state index contributed by atoms with van der Waals surface area (Å²) >= 11 is 1.38. The average Bonchev–Trinajstić information content (AvgIpc) is 2.75. The molecular weight excluding hydrogens is 265 g/mol. The van der Waals surface area contributed by atoms with Gasteiger partial charge < -0.3 is 10.1 Å². The maximum atomic E-state index is 12.1. The lowest BCUT2D eigenvalue weighted by Gasteiger charge is -2.09. The molecule has 0 saturated carbocycles. The van der Waals surface area contributed by atoms with Crippen LogP contribution in [0, 0.1) is 0 Å². The standard InChI is InChI=1S/C11H9F3N2OS/c1-15-10-16-9(6-18-10)7-3-2-4-8(5-7)17-11(12,13)14/h2-6H,1H3,(H,15,16). The van der Waals surface area contributed by atoms with Crippen LogP contribution in [0.15, 0.2) is 29.6 Å². The van der Waals surface area contributed by atoms with Crippen molar-refractivity contribution in [2.75, 3.05) is 12.4 Å². The molecule has 0 spiro atoms. The van der Waals surface area contributed by atoms with Gasteiger partial charge in [0.05, 0.1) is 5.69 Å². The molecule has 96 valence electrons. The van der Waals surface area contributed by atoms with E-state index in [-0.39, 0.29) is 5.75 Å². The summed E-state index contributed by atoms with van der Waals surface area (Å²) in [6.45, 7) is 0. The minimum atomic E-state index is -4.68. The molecule has 0 unspecified atom stereocenters. The summed E-state index contributed by atoms with van der Waals surface area (Å²) in [5, 5.41) is 5.33. The van der Waals surface area contributed by atoms with Gasteiger partial charge in [-0.25, -0.2) is 4.98 Å². The Balaban J connectivity index is 2.26. The predicted molar refractivity (Wildman–Crippen MR) is 63.8 cm³/mol. The lowest BCUT2D eigenvalue weighted by Crippen LogP contribution is -2.17. The quantitative estimate of drug-likeness (QED) is 0.925. The highest BCUT2D eigenvalue weighted by Crippen LogP contribution is 2.29. The van der Waals surface area contributed by atoms with E-state index in [0.717, 1.165) is 0 Å². The number of nitrogens with zero attached hydrogens (tertiary/aromatic N) is 1. The highest BCUT2D eigenvalue weighted by atomic mass is 32.1. The molecule has 1 heterocycles. The van der Waals surface area contributed by atoms with Gasteiger partial charge in [0.1, 0.15) is 5.75 Å². The fourth-order valence-corrected chi connectivity index (χ4v) is 2.05. The summed E-state index contributed by atoms with van der Waals surface area (Å²) < 4.78 is 40.1. The van der Waals surface area contributed by atoms with E-state index in [4.69, 9.17) is 0 Å². The summed E-state index contributed by atoms with van der Waals surface area (Å²) in [5.74, 6) is -0.251. The van der Waals surface area contributed by atoms with Crippen LogP contribution in [0.3, 0.4) is 0 Å². The zero-order valence-corrected chi connectivity index (χ0v) is 10.1. The Labute approximate surface area is 105 Å². The summed E-state index contributed by atoms with van der Waals surface area (Å²) in [4.78, 5) is 4.21. The molecule has 0 atom stereocenters. The van der Waals surface area contributed by atoms with Crippen LogP contribution in [-0.2, 0) is 0 Å². The Morgan fingerprint density at radius 2 is 2.11 bits per heavy atom. The third-order valence-electron chi connectivity index (χ3n) is 2.08. The van der Waals surface area contributed by atoms with Crippen LogP contribution in [-0.4, -0.2) is 18.4 Å². The van der Waals surface area contributed by atoms with Gasteiger partial charge in [-0.05, 0) is 12.1 Å². The van der Waals surface area contributed by atoms with Crippen LogP contribution in [0.2, 0.25) is 0 Å². The number of anilines is 1. The predicted octanol–water partition coefficient (Wildman–Crippen LogP) is 3.75. The van der Waals surface area contributed by atoms with E-state index in [1.165, 1.54) is 29.5 Å². The number of rotatable bonds is 3. The second-order valence-electron chi connectivity index (χ2n) is 3.36. The first-order chi connectivity index (χ1) is 8.48. The zero-order chi connectivity index (χ0) is 13.2. The fraction of sp³-hybridized carbons (Fsp3) is 0.182. The maximum Gasteiger partial charge on any atom is 0.573 e. The number of thiazole rings is 1. The van der Waals surface area contributed by atoms with Crippen LogP contribution in [0.5, 0.6) is 5.75 Å². The first-order valence-electron chi connectivity index (χ1n) is 4.97. The van der Waals surface area contributed by atoms with Crippen molar-refractivity contribution < 1.29 is 17.9 Å². The summed E-state index contributed by atoms with van der Waals surface area (Å²) in [7, 11) is 1.73. The summed E-state index contributed by atoms with van der Waals surface area (Å²) in [6, 6.07) is 5.73. The van der Waals surface area contributed by atoms with Gasteiger partial charge in [-0.2, -0.15) is 0 Å². The number of nitrogens with one attached hydrogen (secondary N) is 1. The SMILES string of the molecule is CNc1nc(-c2cccc(OC(F)(F)F)c2)cs1. The molecule has 1 N–H and O–H groups in total. The number of halogens is 3. The molecule has 2 rings (SSSR count). The van der Waals surface area contributed by atoms with Crippen LogP contribution in [0.4, 0.5) is 18.3 Å². The molecule has 1 aromatic heterocycles. The molecule has 18 heavy (non-hydrogen) atoms. The van der Waals surface area contributed by atoms with Crippen LogP contribution in [0.1, 0.15) is 0 Å². The van der Waals surface area contributed by atoms with Crippen LogP contribution in [0.25, 0.3) is 11.3 Å². The van der Waals surface area contributed by atoms with Gasteiger partial charge in [-0.3, -0.25) is 0 Å². The molecule has 0 amide bonds. The zero-order valence-electron chi connectivity index (χ0n) is 9.28. The number of alkyl halides is 3. The Bertz CT molecular complexity index is 539. The normalized spacial score (nSPS) is 11.3. The van der Waals surface area contributed by atoms with Crippen molar-refractivity contribution in [1.29, 1.82) is 0 Å².